The van der Waals surface area contributed by atoms with Crippen molar-refractivity contribution in [1.82, 2.24) is 4.98 Å². The lowest BCUT2D eigenvalue weighted by Crippen LogP contribution is -2.27. The Bertz CT molecular complexity index is 391. The Labute approximate surface area is 104 Å². The minimum Gasteiger partial charge on any atom is -0.392 e. The molecule has 4 heteroatoms. The van der Waals surface area contributed by atoms with Crippen LogP contribution in [0.4, 0.5) is 5.82 Å². The quantitative estimate of drug-likeness (QED) is 0.843. The molecule has 1 N–H and O–H groups in total. The molecule has 0 radical (unpaired) electrons. The Morgan fingerprint density at radius 1 is 1.62 bits per heavy atom. The molecule has 0 amide bonds. The van der Waals surface area contributed by atoms with Crippen LogP contribution in [0.3, 0.4) is 0 Å². The molecule has 0 aliphatic heterocycles. The molecule has 0 aromatic carbocycles. The summed E-state index contributed by atoms with van der Waals surface area (Å²) < 4.78 is 0.898. The van der Waals surface area contributed by atoms with Gasteiger partial charge in [0.2, 0.25) is 0 Å². The smallest absolute Gasteiger partial charge is 0.134 e. The first-order valence-corrected chi connectivity index (χ1v) is 6.18. The summed E-state index contributed by atoms with van der Waals surface area (Å²) in [5.41, 5.74) is 0.864. The zero-order valence-corrected chi connectivity index (χ0v) is 10.7. The molecule has 1 aromatic heterocycles. The van der Waals surface area contributed by atoms with E-state index in [1.54, 1.807) is 6.20 Å². The molecule has 1 fully saturated rings. The van der Waals surface area contributed by atoms with Gasteiger partial charge in [0.05, 0.1) is 6.61 Å². The van der Waals surface area contributed by atoms with Gasteiger partial charge in [-0.1, -0.05) is 6.08 Å². The van der Waals surface area contributed by atoms with E-state index in [1.807, 2.05) is 12.1 Å². The van der Waals surface area contributed by atoms with E-state index in [0.717, 1.165) is 22.4 Å². The second kappa shape index (κ2) is 4.97. The van der Waals surface area contributed by atoms with Gasteiger partial charge in [0.25, 0.3) is 0 Å². The normalized spacial score (nSPS) is 14.9. The molecule has 0 spiro atoms. The lowest BCUT2D eigenvalue weighted by molar-refractivity contribution is 0.281. The molecule has 1 aliphatic carbocycles. The first-order chi connectivity index (χ1) is 7.76. The fourth-order valence-electron chi connectivity index (χ4n) is 1.78. The molecular formula is C12H15BrN2O. The van der Waals surface area contributed by atoms with Gasteiger partial charge in [-0.25, -0.2) is 4.98 Å². The number of halogens is 1. The topological polar surface area (TPSA) is 36.4 Å². The molecule has 0 atom stereocenters. The van der Waals surface area contributed by atoms with E-state index in [9.17, 15) is 5.11 Å². The average molecular weight is 283 g/mol. The number of pyridine rings is 1. The molecule has 16 heavy (non-hydrogen) atoms. The summed E-state index contributed by atoms with van der Waals surface area (Å²) >= 11 is 3.37. The number of aromatic nitrogens is 1. The van der Waals surface area contributed by atoms with Crippen molar-refractivity contribution < 1.29 is 5.11 Å². The van der Waals surface area contributed by atoms with E-state index in [0.29, 0.717) is 6.04 Å². The Balaban J connectivity index is 2.31. The van der Waals surface area contributed by atoms with Crippen LogP contribution < -0.4 is 4.90 Å². The number of aliphatic hydroxyl groups is 1. The number of aliphatic hydroxyl groups excluding tert-OH is 1. The highest BCUT2D eigenvalue weighted by Crippen LogP contribution is 2.33. The van der Waals surface area contributed by atoms with E-state index in [2.05, 4.69) is 32.4 Å². The lowest BCUT2D eigenvalue weighted by Gasteiger charge is -2.24. The number of hydrogen-bond donors (Lipinski definition) is 1. The molecule has 0 unspecified atom stereocenters. The molecule has 1 saturated carbocycles. The average Bonchev–Trinajstić information content (AvgIpc) is 3.10. The third-order valence-electron chi connectivity index (χ3n) is 2.67. The monoisotopic (exact) mass is 282 g/mol. The van der Waals surface area contributed by atoms with Crippen molar-refractivity contribution in [2.45, 2.75) is 25.5 Å². The maximum absolute atomic E-state index is 9.35. The molecule has 86 valence electrons. The van der Waals surface area contributed by atoms with Crippen LogP contribution in [-0.4, -0.2) is 22.7 Å². The number of nitrogens with zero attached hydrogens (tertiary/aromatic N) is 2. The first-order valence-electron chi connectivity index (χ1n) is 5.39. The maximum Gasteiger partial charge on any atom is 0.134 e. The van der Waals surface area contributed by atoms with Crippen LogP contribution >= 0.6 is 15.9 Å². The van der Waals surface area contributed by atoms with Crippen molar-refractivity contribution in [1.29, 1.82) is 0 Å². The highest BCUT2D eigenvalue weighted by atomic mass is 79.9. The van der Waals surface area contributed by atoms with Crippen LogP contribution in [0, 0.1) is 0 Å². The van der Waals surface area contributed by atoms with E-state index in [-0.39, 0.29) is 6.61 Å². The van der Waals surface area contributed by atoms with Gasteiger partial charge >= 0.3 is 0 Å². The third kappa shape index (κ3) is 2.44. The number of hydrogen-bond acceptors (Lipinski definition) is 3. The summed E-state index contributed by atoms with van der Waals surface area (Å²) in [5.74, 6) is 0.883. The van der Waals surface area contributed by atoms with Crippen LogP contribution in [0.25, 0.3) is 0 Å². The Hall–Kier alpha value is -0.870. The van der Waals surface area contributed by atoms with Gasteiger partial charge in [-0.2, -0.15) is 0 Å². The van der Waals surface area contributed by atoms with Gasteiger partial charge in [0.1, 0.15) is 5.82 Å². The molecule has 0 saturated heterocycles. The Morgan fingerprint density at radius 3 is 2.94 bits per heavy atom. The fourth-order valence-corrected chi connectivity index (χ4v) is 2.16. The van der Waals surface area contributed by atoms with Crippen LogP contribution in [0.1, 0.15) is 18.4 Å². The Kier molecular flexibility index (Phi) is 3.61. The summed E-state index contributed by atoms with van der Waals surface area (Å²) in [7, 11) is 0. The summed E-state index contributed by atoms with van der Waals surface area (Å²) in [5, 5.41) is 9.35. The minimum absolute atomic E-state index is 0.0160. The third-order valence-corrected chi connectivity index (χ3v) is 3.10. The highest BCUT2D eigenvalue weighted by molar-refractivity contribution is 9.10. The molecule has 3 nitrogen and oxygen atoms in total. The van der Waals surface area contributed by atoms with Crippen molar-refractivity contribution in [3.05, 3.63) is 35.0 Å². The fraction of sp³-hybridized carbons (Fsp3) is 0.417. The van der Waals surface area contributed by atoms with Crippen molar-refractivity contribution in [2.24, 2.45) is 0 Å². The number of rotatable bonds is 5. The molecule has 1 aliphatic rings. The van der Waals surface area contributed by atoms with E-state index >= 15 is 0 Å². The standard InChI is InChI=1S/C12H15BrN2O/c1-2-5-15(11-3-4-11)12-9(8-16)6-10(13)7-14-12/h2,6-7,11,16H,1,3-5,8H2. The molecule has 1 heterocycles. The Morgan fingerprint density at radius 2 is 2.38 bits per heavy atom. The van der Waals surface area contributed by atoms with Crippen molar-refractivity contribution in [3.63, 3.8) is 0 Å². The zero-order valence-electron chi connectivity index (χ0n) is 9.06. The second-order valence-electron chi connectivity index (χ2n) is 3.97. The predicted octanol–water partition coefficient (Wildman–Crippen LogP) is 2.49. The largest absolute Gasteiger partial charge is 0.392 e. The van der Waals surface area contributed by atoms with Crippen molar-refractivity contribution >= 4 is 21.7 Å². The molecule has 2 rings (SSSR count). The molecule has 0 bridgehead atoms. The molecule has 1 aromatic rings. The van der Waals surface area contributed by atoms with Gasteiger partial charge in [0.15, 0.2) is 0 Å². The summed E-state index contributed by atoms with van der Waals surface area (Å²) in [6, 6.07) is 2.48. The summed E-state index contributed by atoms with van der Waals surface area (Å²) in [4.78, 5) is 6.61. The van der Waals surface area contributed by atoms with Crippen molar-refractivity contribution in [2.75, 3.05) is 11.4 Å². The van der Waals surface area contributed by atoms with E-state index in [4.69, 9.17) is 0 Å². The van der Waals surface area contributed by atoms with Crippen LogP contribution in [0.15, 0.2) is 29.4 Å². The molecular weight excluding hydrogens is 268 g/mol. The number of anilines is 1. The summed E-state index contributed by atoms with van der Waals surface area (Å²) in [6.45, 7) is 4.57. The minimum atomic E-state index is 0.0160. The highest BCUT2D eigenvalue weighted by Gasteiger charge is 2.30. The lowest BCUT2D eigenvalue weighted by atomic mass is 10.2. The van der Waals surface area contributed by atoms with Gasteiger partial charge < -0.3 is 10.0 Å². The van der Waals surface area contributed by atoms with Crippen LogP contribution in [0.5, 0.6) is 0 Å². The van der Waals surface area contributed by atoms with Crippen LogP contribution in [-0.2, 0) is 6.61 Å². The zero-order chi connectivity index (χ0) is 11.5. The maximum atomic E-state index is 9.35. The van der Waals surface area contributed by atoms with Crippen LogP contribution in [0.2, 0.25) is 0 Å². The van der Waals surface area contributed by atoms with Gasteiger partial charge in [-0.15, -0.1) is 6.58 Å². The second-order valence-corrected chi connectivity index (χ2v) is 4.88. The van der Waals surface area contributed by atoms with Crippen molar-refractivity contribution in [3.8, 4) is 0 Å². The SMILES string of the molecule is C=CCN(c1ncc(Br)cc1CO)C1CC1. The predicted molar refractivity (Wildman–Crippen MR) is 68.4 cm³/mol. The first kappa shape index (κ1) is 11.6. The van der Waals surface area contributed by atoms with Gasteiger partial charge in [0, 0.05) is 28.8 Å². The van der Waals surface area contributed by atoms with E-state index < -0.39 is 0 Å². The van der Waals surface area contributed by atoms with Gasteiger partial charge in [-0.3, -0.25) is 0 Å². The summed E-state index contributed by atoms with van der Waals surface area (Å²) in [6.07, 6.45) is 6.06. The van der Waals surface area contributed by atoms with E-state index in [1.165, 1.54) is 12.8 Å². The van der Waals surface area contributed by atoms with Gasteiger partial charge in [-0.05, 0) is 34.8 Å².